The molecule has 0 fully saturated rings. The Balaban J connectivity index is -0.0000000450. The summed E-state index contributed by atoms with van der Waals surface area (Å²) in [5.41, 5.74) is 0. The molecule has 0 bridgehead atoms. The molecule has 0 atom stereocenters. The van der Waals surface area contributed by atoms with Crippen molar-refractivity contribution in [1.29, 1.82) is 0 Å². The van der Waals surface area contributed by atoms with Gasteiger partial charge in [0, 0.05) is 0 Å². The van der Waals surface area contributed by atoms with E-state index in [4.69, 9.17) is 46.0 Å². The summed E-state index contributed by atoms with van der Waals surface area (Å²) in [5.74, 6) is 0. The SMILES string of the molecule is O=[N+]([O-])O.O=[N+]([O-])O.O=[N+]([O-])O.[Ce+3]. The Labute approximate surface area is 102 Å². The largest absolute Gasteiger partial charge is 3.00 e. The second-order valence-corrected chi connectivity index (χ2v) is 0.714. The van der Waals surface area contributed by atoms with E-state index in [-0.39, 0.29) is 41.7 Å². The van der Waals surface area contributed by atoms with E-state index in [1.54, 1.807) is 0 Å². The van der Waals surface area contributed by atoms with Crippen molar-refractivity contribution in [2.24, 2.45) is 0 Å². The molecule has 0 saturated carbocycles. The van der Waals surface area contributed by atoms with Crippen molar-refractivity contribution < 1.29 is 72.6 Å². The molecule has 0 rings (SSSR count). The van der Waals surface area contributed by atoms with Crippen LogP contribution in [-0.4, -0.2) is 30.9 Å². The summed E-state index contributed by atoms with van der Waals surface area (Å²) in [7, 11) is 0. The Morgan fingerprint density at radius 1 is 0.692 bits per heavy atom. The maximum atomic E-state index is 8.36. The monoisotopic (exact) mass is 329 g/mol. The van der Waals surface area contributed by atoms with Crippen LogP contribution in [-0.2, 0) is 0 Å². The molecule has 0 aromatic heterocycles. The average molecular weight is 329 g/mol. The predicted molar refractivity (Wildman–Crippen MR) is 26.3 cm³/mol. The maximum Gasteiger partial charge on any atom is 3.00 e. The molecule has 0 aromatic rings. The van der Waals surface area contributed by atoms with Gasteiger partial charge in [-0.2, -0.15) is 0 Å². The van der Waals surface area contributed by atoms with Gasteiger partial charge in [-0.25, -0.2) is 0 Å². The van der Waals surface area contributed by atoms with Crippen molar-refractivity contribution in [2.45, 2.75) is 0 Å². The van der Waals surface area contributed by atoms with E-state index in [2.05, 4.69) is 0 Å². The minimum absolute atomic E-state index is 0. The van der Waals surface area contributed by atoms with Crippen molar-refractivity contribution in [3.05, 3.63) is 30.3 Å². The fraction of sp³-hybridized carbons (Fsp3) is 0. The van der Waals surface area contributed by atoms with E-state index in [0.29, 0.717) is 0 Å². The summed E-state index contributed by atoms with van der Waals surface area (Å²) in [6.07, 6.45) is 0. The Hall–Kier alpha value is -1.02. The molecular formula is H3CeN3O9+3. The molecule has 1 radical (unpaired) electrons. The van der Waals surface area contributed by atoms with Crippen LogP contribution in [0.2, 0.25) is 0 Å². The van der Waals surface area contributed by atoms with Gasteiger partial charge in [-0.3, -0.25) is 0 Å². The van der Waals surface area contributed by atoms with Gasteiger partial charge in [-0.1, -0.05) is 0 Å². The zero-order chi connectivity index (χ0) is 10.7. The third-order valence-electron chi connectivity index (χ3n) is 0. The zero-order valence-corrected chi connectivity index (χ0v) is 8.77. The molecular weight excluding hydrogens is 326 g/mol. The predicted octanol–water partition coefficient (Wildman–Crippen LogP) is -1.04. The second-order valence-electron chi connectivity index (χ2n) is 0.714. The van der Waals surface area contributed by atoms with E-state index in [9.17, 15) is 0 Å². The third kappa shape index (κ3) is 845. The molecule has 0 unspecified atom stereocenters. The first-order valence-corrected chi connectivity index (χ1v) is 1.70. The summed E-state index contributed by atoms with van der Waals surface area (Å²) < 4.78 is 0. The van der Waals surface area contributed by atoms with Gasteiger partial charge >= 0.3 is 41.7 Å². The van der Waals surface area contributed by atoms with Gasteiger partial charge in [-0.05, 0) is 0 Å². The van der Waals surface area contributed by atoms with Gasteiger partial charge in [0.05, 0.1) is 0 Å². The van der Waals surface area contributed by atoms with E-state index in [1.807, 2.05) is 0 Å². The molecule has 73 valence electrons. The van der Waals surface area contributed by atoms with Crippen LogP contribution in [0.25, 0.3) is 0 Å². The fourth-order valence-electron chi connectivity index (χ4n) is 0. The summed E-state index contributed by atoms with van der Waals surface area (Å²) in [5, 5.41) is 40.9. The Bertz CT molecular complexity index is 112. The molecule has 13 heavy (non-hydrogen) atoms. The van der Waals surface area contributed by atoms with Crippen LogP contribution in [0.5, 0.6) is 0 Å². The van der Waals surface area contributed by atoms with Gasteiger partial charge in [0.2, 0.25) is 0 Å². The Morgan fingerprint density at radius 2 is 0.692 bits per heavy atom. The minimum atomic E-state index is -1.50. The van der Waals surface area contributed by atoms with Gasteiger partial charge in [0.1, 0.15) is 0 Å². The van der Waals surface area contributed by atoms with Crippen molar-refractivity contribution in [3.8, 4) is 0 Å². The molecule has 0 aromatic carbocycles. The molecule has 0 aliphatic heterocycles. The van der Waals surface area contributed by atoms with E-state index in [0.717, 1.165) is 0 Å². The molecule has 0 heterocycles. The molecule has 0 aliphatic rings. The summed E-state index contributed by atoms with van der Waals surface area (Å²) in [6, 6.07) is 0. The van der Waals surface area contributed by atoms with E-state index in [1.165, 1.54) is 0 Å². The van der Waals surface area contributed by atoms with Crippen LogP contribution >= 0.6 is 0 Å². The number of nitrogens with zero attached hydrogens (tertiary/aromatic N) is 3. The number of hydrogen-bond acceptors (Lipinski definition) is 6. The molecule has 13 heteroatoms. The molecule has 0 amide bonds. The maximum absolute atomic E-state index is 8.36. The first-order valence-electron chi connectivity index (χ1n) is 1.70. The fourth-order valence-corrected chi connectivity index (χ4v) is 0. The molecule has 0 aliphatic carbocycles. The summed E-state index contributed by atoms with van der Waals surface area (Å²) in [4.78, 5) is 25.1. The van der Waals surface area contributed by atoms with E-state index < -0.39 is 15.3 Å². The number of rotatable bonds is 0. The van der Waals surface area contributed by atoms with Crippen LogP contribution in [0.4, 0.5) is 0 Å². The molecule has 0 saturated heterocycles. The van der Waals surface area contributed by atoms with Crippen LogP contribution in [0.3, 0.4) is 0 Å². The summed E-state index contributed by atoms with van der Waals surface area (Å²) in [6.45, 7) is 0. The zero-order valence-electron chi connectivity index (χ0n) is 5.63. The first-order chi connectivity index (χ1) is 5.20. The van der Waals surface area contributed by atoms with Gasteiger partial charge in [0.25, 0.3) is 15.3 Å². The smallest absolute Gasteiger partial charge is 0.328 e. The van der Waals surface area contributed by atoms with Crippen LogP contribution in [0, 0.1) is 72.1 Å². The normalized spacial score (nSPS) is 5.54. The van der Waals surface area contributed by atoms with Gasteiger partial charge < -0.3 is 15.6 Å². The van der Waals surface area contributed by atoms with Crippen molar-refractivity contribution in [2.75, 3.05) is 0 Å². The first kappa shape index (κ1) is 22.7. The van der Waals surface area contributed by atoms with Crippen molar-refractivity contribution in [1.82, 2.24) is 0 Å². The molecule has 0 spiro atoms. The van der Waals surface area contributed by atoms with Crippen LogP contribution in [0.1, 0.15) is 0 Å². The van der Waals surface area contributed by atoms with Crippen LogP contribution in [0.15, 0.2) is 0 Å². The standard InChI is InChI=1S/Ce.3HNO3/c;3*2-1(3)4/h;3*(H,2,3,4)/q+3;;;. The third-order valence-corrected chi connectivity index (χ3v) is 0. The Morgan fingerprint density at radius 3 is 0.692 bits per heavy atom. The van der Waals surface area contributed by atoms with E-state index >= 15 is 0 Å². The molecule has 12 nitrogen and oxygen atoms in total. The van der Waals surface area contributed by atoms with Crippen molar-refractivity contribution >= 4 is 0 Å². The Kier molecular flexibility index (Phi) is 30.0. The molecule has 3 N–H and O–H groups in total. The minimum Gasteiger partial charge on any atom is -0.328 e. The quantitative estimate of drug-likeness (QED) is 0.368. The topological polar surface area (TPSA) is 190 Å². The second kappa shape index (κ2) is 17.2. The van der Waals surface area contributed by atoms with Gasteiger partial charge in [0.15, 0.2) is 0 Å². The van der Waals surface area contributed by atoms with Gasteiger partial charge in [-0.15, -0.1) is 30.3 Å². The summed E-state index contributed by atoms with van der Waals surface area (Å²) >= 11 is 0. The average Bonchev–Trinajstić information content (AvgIpc) is 1.54. The number of hydrogen-bond donors (Lipinski definition) is 3. The van der Waals surface area contributed by atoms with Crippen molar-refractivity contribution in [3.63, 3.8) is 0 Å². The van der Waals surface area contributed by atoms with Crippen LogP contribution < -0.4 is 0 Å².